The molecule has 148 valence electrons. The second-order valence-electron chi connectivity index (χ2n) is 5.86. The highest BCUT2D eigenvalue weighted by Gasteiger charge is 2.12. The molecular weight excluding hydrogens is 367 g/mol. The van der Waals surface area contributed by atoms with Crippen LogP contribution >= 0.6 is 0 Å². The van der Waals surface area contributed by atoms with Crippen LogP contribution in [-0.4, -0.2) is 24.5 Å². The molecule has 0 spiro atoms. The van der Waals surface area contributed by atoms with E-state index in [1.54, 1.807) is 18.2 Å². The molecule has 0 saturated carbocycles. The van der Waals surface area contributed by atoms with Gasteiger partial charge in [0.15, 0.2) is 11.5 Å². The van der Waals surface area contributed by atoms with Gasteiger partial charge in [0.25, 0.3) is 5.69 Å². The van der Waals surface area contributed by atoms with Crippen molar-refractivity contribution in [1.82, 2.24) is 0 Å². The van der Waals surface area contributed by atoms with Crippen molar-refractivity contribution in [3.8, 4) is 11.5 Å². The lowest BCUT2D eigenvalue weighted by atomic mass is 10.2. The third kappa shape index (κ3) is 5.80. The Bertz CT molecular complexity index is 883. The summed E-state index contributed by atoms with van der Waals surface area (Å²) in [6, 6.07) is 8.12. The second kappa shape index (κ2) is 10.1. The Kier molecular flexibility index (Phi) is 7.50. The second-order valence-corrected chi connectivity index (χ2v) is 5.86. The Morgan fingerprint density at radius 2 is 2.04 bits per heavy atom. The van der Waals surface area contributed by atoms with Crippen molar-refractivity contribution in [3.05, 3.63) is 64.0 Å². The molecule has 0 aliphatic heterocycles. The highest BCUT2D eigenvalue weighted by Crippen LogP contribution is 2.29. The van der Waals surface area contributed by atoms with Crippen LogP contribution in [0.2, 0.25) is 0 Å². The molecule has 7 nitrogen and oxygen atoms in total. The van der Waals surface area contributed by atoms with Crippen LogP contribution in [0.3, 0.4) is 0 Å². The number of unbranched alkanes of at least 4 members (excludes halogenated alkanes) is 1. The summed E-state index contributed by atoms with van der Waals surface area (Å²) in [5.41, 5.74) is 0.0968. The molecular formula is C20H21FN2O5. The van der Waals surface area contributed by atoms with E-state index in [4.69, 9.17) is 9.47 Å². The van der Waals surface area contributed by atoms with E-state index in [1.807, 2.05) is 0 Å². The smallest absolute Gasteiger partial charge is 0.271 e. The Balaban J connectivity index is 2.07. The number of carbonyl (C=O) groups is 1. The number of nitrogens with zero attached hydrogens (tertiary/aromatic N) is 1. The fraction of sp³-hybridized carbons (Fsp3) is 0.250. The number of halogens is 1. The van der Waals surface area contributed by atoms with Crippen LogP contribution in [0.5, 0.6) is 11.5 Å². The summed E-state index contributed by atoms with van der Waals surface area (Å²) in [4.78, 5) is 22.1. The first-order valence-electron chi connectivity index (χ1n) is 8.68. The van der Waals surface area contributed by atoms with Crippen molar-refractivity contribution in [2.45, 2.75) is 19.8 Å². The molecule has 0 aliphatic rings. The van der Waals surface area contributed by atoms with Gasteiger partial charge in [0.05, 0.1) is 24.3 Å². The molecule has 2 aromatic rings. The van der Waals surface area contributed by atoms with Gasteiger partial charge in [-0.2, -0.15) is 0 Å². The van der Waals surface area contributed by atoms with Crippen LogP contribution in [-0.2, 0) is 4.79 Å². The molecule has 0 saturated heterocycles. The number of nitrogens with one attached hydrogen (secondary N) is 1. The maximum atomic E-state index is 13.7. The zero-order valence-electron chi connectivity index (χ0n) is 15.6. The van der Waals surface area contributed by atoms with Crippen LogP contribution in [0.15, 0.2) is 42.5 Å². The summed E-state index contributed by atoms with van der Waals surface area (Å²) < 4.78 is 24.7. The van der Waals surface area contributed by atoms with E-state index in [0.717, 1.165) is 31.0 Å². The van der Waals surface area contributed by atoms with Crippen molar-refractivity contribution in [3.63, 3.8) is 0 Å². The van der Waals surface area contributed by atoms with Gasteiger partial charge in [-0.15, -0.1) is 0 Å². The SMILES string of the molecule is CCCCOc1ccc(/C=C/C(=O)Nc2cc([N+](=O)[O-])ccc2F)cc1OC. The van der Waals surface area contributed by atoms with E-state index in [2.05, 4.69) is 12.2 Å². The van der Waals surface area contributed by atoms with Gasteiger partial charge >= 0.3 is 0 Å². The number of nitro groups is 1. The molecule has 0 heterocycles. The summed E-state index contributed by atoms with van der Waals surface area (Å²) in [7, 11) is 1.52. The van der Waals surface area contributed by atoms with Gasteiger partial charge in [0.2, 0.25) is 5.91 Å². The summed E-state index contributed by atoms with van der Waals surface area (Å²) in [5, 5.41) is 13.1. The van der Waals surface area contributed by atoms with E-state index in [1.165, 1.54) is 19.3 Å². The molecule has 0 aromatic heterocycles. The lowest BCUT2D eigenvalue weighted by Crippen LogP contribution is -2.09. The zero-order chi connectivity index (χ0) is 20.5. The lowest BCUT2D eigenvalue weighted by molar-refractivity contribution is -0.384. The Hall–Kier alpha value is -3.42. The summed E-state index contributed by atoms with van der Waals surface area (Å²) >= 11 is 0. The molecule has 1 amide bonds. The van der Waals surface area contributed by atoms with Crippen LogP contribution in [0, 0.1) is 15.9 Å². The van der Waals surface area contributed by atoms with E-state index in [9.17, 15) is 19.3 Å². The number of nitro benzene ring substituents is 1. The molecule has 0 aliphatic carbocycles. The number of rotatable bonds is 9. The van der Waals surface area contributed by atoms with E-state index < -0.39 is 16.6 Å². The Labute approximate surface area is 161 Å². The number of hydrogen-bond donors (Lipinski definition) is 1. The molecule has 1 N–H and O–H groups in total. The first-order valence-corrected chi connectivity index (χ1v) is 8.68. The average Bonchev–Trinajstić information content (AvgIpc) is 2.68. The summed E-state index contributed by atoms with van der Waals surface area (Å²) in [6.45, 7) is 2.65. The summed E-state index contributed by atoms with van der Waals surface area (Å²) in [5.74, 6) is -0.246. The van der Waals surface area contributed by atoms with Crippen LogP contribution in [0.25, 0.3) is 6.08 Å². The predicted octanol–water partition coefficient (Wildman–Crippen LogP) is 4.57. The van der Waals surface area contributed by atoms with Crippen molar-refractivity contribution >= 4 is 23.4 Å². The van der Waals surface area contributed by atoms with Crippen LogP contribution < -0.4 is 14.8 Å². The van der Waals surface area contributed by atoms with Crippen molar-refractivity contribution in [2.75, 3.05) is 19.0 Å². The molecule has 28 heavy (non-hydrogen) atoms. The number of methoxy groups -OCH3 is 1. The largest absolute Gasteiger partial charge is 0.493 e. The Morgan fingerprint density at radius 3 is 2.71 bits per heavy atom. The van der Waals surface area contributed by atoms with Gasteiger partial charge < -0.3 is 14.8 Å². The molecule has 8 heteroatoms. The normalized spacial score (nSPS) is 10.7. The monoisotopic (exact) mass is 388 g/mol. The molecule has 0 bridgehead atoms. The number of non-ortho nitro benzene ring substituents is 1. The maximum absolute atomic E-state index is 13.7. The van der Waals surface area contributed by atoms with E-state index >= 15 is 0 Å². The highest BCUT2D eigenvalue weighted by atomic mass is 19.1. The lowest BCUT2D eigenvalue weighted by Gasteiger charge is -2.11. The number of amides is 1. The number of ether oxygens (including phenoxy) is 2. The fourth-order valence-electron chi connectivity index (χ4n) is 2.30. The van der Waals surface area contributed by atoms with Crippen LogP contribution in [0.4, 0.5) is 15.8 Å². The first-order chi connectivity index (χ1) is 13.4. The topological polar surface area (TPSA) is 90.7 Å². The number of carbonyl (C=O) groups excluding carboxylic acids is 1. The summed E-state index contributed by atoms with van der Waals surface area (Å²) in [6.07, 6.45) is 4.66. The Morgan fingerprint density at radius 1 is 1.25 bits per heavy atom. The van der Waals surface area contributed by atoms with Gasteiger partial charge in [-0.25, -0.2) is 4.39 Å². The van der Waals surface area contributed by atoms with Gasteiger partial charge in [-0.05, 0) is 36.3 Å². The number of hydrogen-bond acceptors (Lipinski definition) is 5. The number of benzene rings is 2. The first kappa shape index (κ1) is 20.9. The molecule has 0 atom stereocenters. The van der Waals surface area contributed by atoms with Crippen LogP contribution in [0.1, 0.15) is 25.3 Å². The van der Waals surface area contributed by atoms with Gasteiger partial charge in [0, 0.05) is 18.2 Å². The van der Waals surface area contributed by atoms with Crippen molar-refractivity contribution in [1.29, 1.82) is 0 Å². The van der Waals surface area contributed by atoms with Gasteiger partial charge in [-0.3, -0.25) is 14.9 Å². The minimum absolute atomic E-state index is 0.263. The molecule has 0 unspecified atom stereocenters. The maximum Gasteiger partial charge on any atom is 0.271 e. The third-order valence-corrected chi connectivity index (χ3v) is 3.79. The highest BCUT2D eigenvalue weighted by molar-refractivity contribution is 6.02. The zero-order valence-corrected chi connectivity index (χ0v) is 15.6. The van der Waals surface area contributed by atoms with Crippen molar-refractivity contribution in [2.24, 2.45) is 0 Å². The predicted molar refractivity (Wildman–Crippen MR) is 104 cm³/mol. The quantitative estimate of drug-likeness (QED) is 0.294. The minimum atomic E-state index is -0.761. The van der Waals surface area contributed by atoms with Gasteiger partial charge in [-0.1, -0.05) is 19.4 Å². The molecule has 2 aromatic carbocycles. The average molecular weight is 388 g/mol. The minimum Gasteiger partial charge on any atom is -0.493 e. The van der Waals surface area contributed by atoms with E-state index in [-0.39, 0.29) is 11.4 Å². The van der Waals surface area contributed by atoms with E-state index in [0.29, 0.717) is 23.7 Å². The number of anilines is 1. The molecule has 0 radical (unpaired) electrons. The third-order valence-electron chi connectivity index (χ3n) is 3.79. The van der Waals surface area contributed by atoms with Gasteiger partial charge in [0.1, 0.15) is 5.82 Å². The molecule has 2 rings (SSSR count). The van der Waals surface area contributed by atoms with Crippen molar-refractivity contribution < 1.29 is 23.6 Å². The fourth-order valence-corrected chi connectivity index (χ4v) is 2.30. The standard InChI is InChI=1S/C20H21FN2O5/c1-3-4-11-28-18-9-5-14(12-19(18)27-2)6-10-20(24)22-17-13-15(23(25)26)7-8-16(17)21/h5-10,12-13H,3-4,11H2,1-2H3,(H,22,24)/b10-6+. The molecule has 0 fully saturated rings.